The average molecular weight is 650 g/mol. The molecule has 3 aliphatic rings. The van der Waals surface area contributed by atoms with E-state index in [4.69, 9.17) is 4.74 Å². The molecular formula is C31H42F3N7O5. The molecule has 0 bridgehead atoms. The minimum absolute atomic E-state index is 0.0470. The Morgan fingerprint density at radius 2 is 1.74 bits per heavy atom. The second-order valence-corrected chi connectivity index (χ2v) is 13.5. The van der Waals surface area contributed by atoms with Crippen LogP contribution in [0.15, 0.2) is 18.2 Å². The Hall–Kier alpha value is -3.88. The van der Waals surface area contributed by atoms with E-state index in [1.165, 1.54) is 17.9 Å². The van der Waals surface area contributed by atoms with Crippen molar-refractivity contribution in [1.29, 1.82) is 0 Å². The highest BCUT2D eigenvalue weighted by atomic mass is 19.4. The van der Waals surface area contributed by atoms with E-state index < -0.39 is 23.9 Å². The van der Waals surface area contributed by atoms with Gasteiger partial charge in [0, 0.05) is 56.4 Å². The van der Waals surface area contributed by atoms with Gasteiger partial charge < -0.3 is 35.6 Å². The first kappa shape index (κ1) is 33.5. The van der Waals surface area contributed by atoms with Crippen molar-refractivity contribution in [1.82, 2.24) is 30.4 Å². The third kappa shape index (κ3) is 7.91. The quantitative estimate of drug-likeness (QED) is 0.349. The Kier molecular flexibility index (Phi) is 9.52. The van der Waals surface area contributed by atoms with Crippen molar-refractivity contribution >= 4 is 34.6 Å². The molecule has 46 heavy (non-hydrogen) atoms. The first-order chi connectivity index (χ1) is 21.6. The van der Waals surface area contributed by atoms with E-state index in [-0.39, 0.29) is 77.4 Å². The zero-order valence-corrected chi connectivity index (χ0v) is 26.5. The SMILES string of the molecule is CC(=O)N[C@@H]1C[C@H](NC(C)(C)C)CC[C@@H]1N1CC[C@H](Nc2nc(OC3CCN(C(=O)O)CC3)nc3ccc(C(F)(F)F)cc23)C1=O. The zero-order chi connectivity index (χ0) is 33.4. The maximum absolute atomic E-state index is 13.8. The van der Waals surface area contributed by atoms with E-state index in [1.54, 1.807) is 4.90 Å². The van der Waals surface area contributed by atoms with Gasteiger partial charge in [0.1, 0.15) is 18.0 Å². The van der Waals surface area contributed by atoms with E-state index in [0.717, 1.165) is 18.6 Å². The molecule has 2 saturated heterocycles. The number of carbonyl (C=O) groups excluding carboxylic acids is 2. The molecule has 2 aliphatic heterocycles. The third-order valence-electron chi connectivity index (χ3n) is 8.78. The van der Waals surface area contributed by atoms with Gasteiger partial charge >= 0.3 is 18.3 Å². The number of hydrogen-bond donors (Lipinski definition) is 4. The van der Waals surface area contributed by atoms with Crippen molar-refractivity contribution in [2.24, 2.45) is 0 Å². The molecule has 3 fully saturated rings. The van der Waals surface area contributed by atoms with Gasteiger partial charge in [-0.3, -0.25) is 9.59 Å². The number of carbonyl (C=O) groups is 3. The number of fused-ring (bicyclic) bond motifs is 1. The number of nitrogens with zero attached hydrogens (tertiary/aromatic N) is 4. The molecule has 0 radical (unpaired) electrons. The monoisotopic (exact) mass is 649 g/mol. The summed E-state index contributed by atoms with van der Waals surface area (Å²) in [6.07, 6.45) is -2.63. The molecule has 12 nitrogen and oxygen atoms in total. The van der Waals surface area contributed by atoms with E-state index >= 15 is 0 Å². The van der Waals surface area contributed by atoms with E-state index in [0.29, 0.717) is 38.6 Å². The first-order valence-electron chi connectivity index (χ1n) is 15.7. The minimum atomic E-state index is -4.60. The molecule has 2 aromatic rings. The predicted molar refractivity (Wildman–Crippen MR) is 163 cm³/mol. The largest absolute Gasteiger partial charge is 0.465 e. The Bertz CT molecular complexity index is 1460. The zero-order valence-electron chi connectivity index (χ0n) is 26.5. The second-order valence-electron chi connectivity index (χ2n) is 13.5. The van der Waals surface area contributed by atoms with Crippen molar-refractivity contribution in [3.63, 3.8) is 0 Å². The lowest BCUT2D eigenvalue weighted by molar-refractivity contribution is -0.137. The fraction of sp³-hybridized carbons (Fsp3) is 0.645. The number of benzene rings is 1. The van der Waals surface area contributed by atoms with Crippen LogP contribution in [0.4, 0.5) is 23.8 Å². The lowest BCUT2D eigenvalue weighted by Crippen LogP contribution is -2.59. The van der Waals surface area contributed by atoms with E-state index in [1.807, 2.05) is 0 Å². The molecule has 3 heterocycles. The molecule has 15 heteroatoms. The highest BCUT2D eigenvalue weighted by molar-refractivity contribution is 5.93. The van der Waals surface area contributed by atoms with Crippen LogP contribution < -0.4 is 20.7 Å². The molecule has 1 saturated carbocycles. The van der Waals surface area contributed by atoms with E-state index in [9.17, 15) is 32.7 Å². The van der Waals surface area contributed by atoms with Gasteiger partial charge in [-0.1, -0.05) is 0 Å². The number of amides is 3. The summed E-state index contributed by atoms with van der Waals surface area (Å²) in [4.78, 5) is 49.0. The van der Waals surface area contributed by atoms with Gasteiger partial charge in [0.2, 0.25) is 11.8 Å². The van der Waals surface area contributed by atoms with Crippen LogP contribution in [-0.4, -0.2) is 98.2 Å². The van der Waals surface area contributed by atoms with Gasteiger partial charge in [-0.15, -0.1) is 0 Å². The number of carboxylic acid groups (broad SMARTS) is 1. The average Bonchev–Trinajstić information content (AvgIpc) is 3.31. The summed E-state index contributed by atoms with van der Waals surface area (Å²) in [5.41, 5.74) is -0.776. The van der Waals surface area contributed by atoms with Crippen LogP contribution in [0.2, 0.25) is 0 Å². The number of piperidine rings is 1. The lowest BCUT2D eigenvalue weighted by Gasteiger charge is -2.43. The maximum atomic E-state index is 13.8. The van der Waals surface area contributed by atoms with Gasteiger partial charge in [-0.25, -0.2) is 4.79 Å². The molecule has 1 aliphatic carbocycles. The number of rotatable bonds is 7. The number of anilines is 1. The molecule has 3 amide bonds. The number of nitrogens with one attached hydrogen (secondary N) is 3. The first-order valence-corrected chi connectivity index (χ1v) is 15.7. The van der Waals surface area contributed by atoms with Gasteiger partial charge in [0.15, 0.2) is 0 Å². The summed E-state index contributed by atoms with van der Waals surface area (Å²) in [7, 11) is 0. The predicted octanol–water partition coefficient (Wildman–Crippen LogP) is 4.00. The molecule has 1 aromatic carbocycles. The normalized spacial score (nSPS) is 24.7. The number of aromatic nitrogens is 2. The summed E-state index contributed by atoms with van der Waals surface area (Å²) in [6.45, 7) is 8.66. The summed E-state index contributed by atoms with van der Waals surface area (Å²) >= 11 is 0. The highest BCUT2D eigenvalue weighted by Crippen LogP contribution is 2.35. The van der Waals surface area contributed by atoms with Crippen LogP contribution in [0, 0.1) is 0 Å². The van der Waals surface area contributed by atoms with Crippen LogP contribution in [0.3, 0.4) is 0 Å². The van der Waals surface area contributed by atoms with Crippen LogP contribution in [0.1, 0.15) is 71.8 Å². The Morgan fingerprint density at radius 1 is 1.02 bits per heavy atom. The smallest absolute Gasteiger partial charge is 0.416 e. The Morgan fingerprint density at radius 3 is 2.37 bits per heavy atom. The van der Waals surface area contributed by atoms with Gasteiger partial charge in [-0.2, -0.15) is 23.1 Å². The van der Waals surface area contributed by atoms with E-state index in [2.05, 4.69) is 46.7 Å². The van der Waals surface area contributed by atoms with Crippen molar-refractivity contribution in [3.8, 4) is 6.01 Å². The number of halogens is 3. The van der Waals surface area contributed by atoms with Gasteiger partial charge in [-0.05, 0) is 64.7 Å². The van der Waals surface area contributed by atoms with Crippen molar-refractivity contribution in [3.05, 3.63) is 23.8 Å². The molecule has 4 atom stereocenters. The number of alkyl halides is 3. The fourth-order valence-corrected chi connectivity index (χ4v) is 6.78. The summed E-state index contributed by atoms with van der Waals surface area (Å²) in [6, 6.07) is 2.00. The molecule has 4 N–H and O–H groups in total. The second kappa shape index (κ2) is 13.1. The van der Waals surface area contributed by atoms with Crippen molar-refractivity contribution in [2.45, 2.75) is 108 Å². The third-order valence-corrected chi connectivity index (χ3v) is 8.78. The summed E-state index contributed by atoms with van der Waals surface area (Å²) < 4.78 is 47.0. The topological polar surface area (TPSA) is 149 Å². The standard InChI is InChI=1S/C31H42F3N7O5/c1-17(42)35-24-16-19(39-30(2,3)4)6-8-25(24)41-14-11-23(27(41)43)36-26-21-15-18(31(32,33)34)5-7-22(21)37-28(38-26)46-20-9-12-40(13-10-20)29(44)45/h5,7,15,19-20,23-25,39H,6,8-14,16H2,1-4H3,(H,35,42)(H,44,45)(H,36,37,38)/t19-,23+,24-,25+/m1/s1. The summed E-state index contributed by atoms with van der Waals surface area (Å²) in [5.74, 6) is -0.350. The molecule has 5 rings (SSSR count). The number of ether oxygens (including phenoxy) is 1. The number of likely N-dealkylation sites (tertiary alicyclic amines) is 2. The molecule has 0 spiro atoms. The van der Waals surface area contributed by atoms with Crippen LogP contribution >= 0.6 is 0 Å². The van der Waals surface area contributed by atoms with Crippen LogP contribution in [0.5, 0.6) is 6.01 Å². The Labute approximate surface area is 265 Å². The molecular weight excluding hydrogens is 607 g/mol. The highest BCUT2D eigenvalue weighted by Gasteiger charge is 2.43. The summed E-state index contributed by atoms with van der Waals surface area (Å²) in [5, 5.41) is 19.1. The van der Waals surface area contributed by atoms with Crippen LogP contribution in [0.25, 0.3) is 10.9 Å². The molecule has 0 unspecified atom stereocenters. The lowest BCUT2D eigenvalue weighted by atomic mass is 9.84. The van der Waals surface area contributed by atoms with Crippen LogP contribution in [-0.2, 0) is 15.8 Å². The van der Waals surface area contributed by atoms with Gasteiger partial charge in [0.25, 0.3) is 0 Å². The number of hydrogen-bond acceptors (Lipinski definition) is 8. The molecule has 252 valence electrons. The van der Waals surface area contributed by atoms with Gasteiger partial charge in [0.05, 0.1) is 23.2 Å². The molecule has 1 aromatic heterocycles. The maximum Gasteiger partial charge on any atom is 0.416 e. The Balaban J connectivity index is 1.37. The minimum Gasteiger partial charge on any atom is -0.465 e. The fourth-order valence-electron chi connectivity index (χ4n) is 6.78. The van der Waals surface area contributed by atoms with Crippen molar-refractivity contribution < 1.29 is 37.4 Å². The van der Waals surface area contributed by atoms with Crippen molar-refractivity contribution in [2.75, 3.05) is 25.0 Å².